The molecule has 108 valence electrons. The van der Waals surface area contributed by atoms with Crippen molar-refractivity contribution in [2.24, 2.45) is 0 Å². The maximum Gasteiger partial charge on any atom is 0.333 e. The van der Waals surface area contributed by atoms with E-state index in [-0.39, 0.29) is 5.97 Å². The van der Waals surface area contributed by atoms with Gasteiger partial charge in [0.25, 0.3) is 0 Å². The van der Waals surface area contributed by atoms with Gasteiger partial charge in [0.05, 0.1) is 6.61 Å². The molecule has 3 rings (SSSR count). The van der Waals surface area contributed by atoms with Gasteiger partial charge >= 0.3 is 5.97 Å². The number of nitrogens with zero attached hydrogens (tertiary/aromatic N) is 1. The third-order valence-corrected chi connectivity index (χ3v) is 4.19. The first-order chi connectivity index (χ1) is 9.73. The summed E-state index contributed by atoms with van der Waals surface area (Å²) < 4.78 is 5.32. The Morgan fingerprint density at radius 2 is 2.15 bits per heavy atom. The first kappa shape index (κ1) is 13.4. The van der Waals surface area contributed by atoms with Gasteiger partial charge in [-0.3, -0.25) is 4.90 Å². The Hall–Kier alpha value is -1.55. The summed E-state index contributed by atoms with van der Waals surface area (Å²) in [5, 5.41) is 3.44. The molecule has 1 N–H and O–H groups in total. The minimum Gasteiger partial charge on any atom is -0.464 e. The largest absolute Gasteiger partial charge is 0.464 e. The average molecular weight is 274 g/mol. The lowest BCUT2D eigenvalue weighted by molar-refractivity contribution is -0.148. The molecule has 2 aliphatic rings. The Morgan fingerprint density at radius 3 is 2.80 bits per heavy atom. The number of hydrogen-bond donors (Lipinski definition) is 1. The zero-order valence-corrected chi connectivity index (χ0v) is 12.0. The molecule has 4 nitrogen and oxygen atoms in total. The molecule has 2 fully saturated rings. The minimum atomic E-state index is -0.583. The Kier molecular flexibility index (Phi) is 3.66. The number of ether oxygens (including phenoxy) is 1. The van der Waals surface area contributed by atoms with Crippen molar-refractivity contribution in [2.75, 3.05) is 25.0 Å². The number of carbonyl (C=O) groups is 1. The van der Waals surface area contributed by atoms with Crippen molar-refractivity contribution in [1.82, 2.24) is 4.90 Å². The van der Waals surface area contributed by atoms with Gasteiger partial charge in [-0.15, -0.1) is 0 Å². The molecule has 0 radical (unpaired) electrons. The van der Waals surface area contributed by atoms with Crippen LogP contribution in [0.15, 0.2) is 30.3 Å². The van der Waals surface area contributed by atoms with Crippen molar-refractivity contribution in [3.05, 3.63) is 30.3 Å². The molecule has 1 aromatic rings. The third-order valence-electron chi connectivity index (χ3n) is 4.19. The standard InChI is InChI=1S/C16H22N2O2/c1-2-20-15(19)16(17-13-6-4-3-5-7-13)10-11-18(12-16)14-8-9-14/h3-7,14,17H,2,8-12H2,1H3. The number of benzene rings is 1. The second-order valence-corrected chi connectivity index (χ2v) is 5.75. The molecule has 1 heterocycles. The van der Waals surface area contributed by atoms with Gasteiger partial charge in [0.1, 0.15) is 5.54 Å². The summed E-state index contributed by atoms with van der Waals surface area (Å²) in [6.45, 7) is 4.02. The number of hydrogen-bond acceptors (Lipinski definition) is 4. The second kappa shape index (κ2) is 5.44. The van der Waals surface area contributed by atoms with E-state index in [9.17, 15) is 4.79 Å². The van der Waals surface area contributed by atoms with E-state index in [2.05, 4.69) is 10.2 Å². The molecule has 1 aliphatic carbocycles. The van der Waals surface area contributed by atoms with Crippen molar-refractivity contribution < 1.29 is 9.53 Å². The number of nitrogens with one attached hydrogen (secondary N) is 1. The fraction of sp³-hybridized carbons (Fsp3) is 0.562. The van der Waals surface area contributed by atoms with Gasteiger partial charge in [-0.05, 0) is 38.3 Å². The predicted molar refractivity (Wildman–Crippen MR) is 78.6 cm³/mol. The monoisotopic (exact) mass is 274 g/mol. The molecule has 1 aliphatic heterocycles. The number of para-hydroxylation sites is 1. The van der Waals surface area contributed by atoms with Crippen LogP contribution in [0.25, 0.3) is 0 Å². The van der Waals surface area contributed by atoms with E-state index in [1.54, 1.807) is 0 Å². The summed E-state index contributed by atoms with van der Waals surface area (Å²) in [5.74, 6) is -0.119. The number of rotatable bonds is 5. The summed E-state index contributed by atoms with van der Waals surface area (Å²) in [5.41, 5.74) is 0.401. The van der Waals surface area contributed by atoms with E-state index < -0.39 is 5.54 Å². The molecule has 1 saturated heterocycles. The van der Waals surface area contributed by atoms with Crippen LogP contribution in [0, 0.1) is 0 Å². The van der Waals surface area contributed by atoms with E-state index in [1.807, 2.05) is 37.3 Å². The second-order valence-electron chi connectivity index (χ2n) is 5.75. The van der Waals surface area contributed by atoms with Crippen LogP contribution >= 0.6 is 0 Å². The lowest BCUT2D eigenvalue weighted by Gasteiger charge is -2.29. The molecule has 0 amide bonds. The smallest absolute Gasteiger partial charge is 0.333 e. The Balaban J connectivity index is 1.78. The van der Waals surface area contributed by atoms with Crippen LogP contribution in [-0.2, 0) is 9.53 Å². The van der Waals surface area contributed by atoms with Crippen molar-refractivity contribution in [2.45, 2.75) is 37.8 Å². The van der Waals surface area contributed by atoms with Gasteiger partial charge in [-0.2, -0.15) is 0 Å². The molecule has 20 heavy (non-hydrogen) atoms. The first-order valence-electron chi connectivity index (χ1n) is 7.48. The van der Waals surface area contributed by atoms with E-state index in [1.165, 1.54) is 12.8 Å². The Labute approximate surface area is 120 Å². The molecule has 1 aromatic carbocycles. The fourth-order valence-corrected chi connectivity index (χ4v) is 2.98. The molecule has 0 bridgehead atoms. The lowest BCUT2D eigenvalue weighted by Crippen LogP contribution is -2.50. The normalized spacial score (nSPS) is 26.4. The van der Waals surface area contributed by atoms with Crippen LogP contribution in [0.4, 0.5) is 5.69 Å². The molecular formula is C16H22N2O2. The van der Waals surface area contributed by atoms with Gasteiger partial charge in [-0.1, -0.05) is 18.2 Å². The van der Waals surface area contributed by atoms with Crippen molar-refractivity contribution >= 4 is 11.7 Å². The maximum absolute atomic E-state index is 12.4. The molecule has 1 saturated carbocycles. The van der Waals surface area contributed by atoms with Crippen LogP contribution in [0.2, 0.25) is 0 Å². The van der Waals surface area contributed by atoms with Crippen molar-refractivity contribution in [3.8, 4) is 0 Å². The Morgan fingerprint density at radius 1 is 1.40 bits per heavy atom. The van der Waals surface area contributed by atoms with Gasteiger partial charge in [0, 0.05) is 24.8 Å². The van der Waals surface area contributed by atoms with Crippen LogP contribution in [0.1, 0.15) is 26.2 Å². The SMILES string of the molecule is CCOC(=O)C1(Nc2ccccc2)CCN(C2CC2)C1. The summed E-state index contributed by atoms with van der Waals surface area (Å²) in [6, 6.07) is 10.6. The molecular weight excluding hydrogens is 252 g/mol. The van der Waals surface area contributed by atoms with Gasteiger partial charge < -0.3 is 10.1 Å². The number of esters is 1. The molecule has 0 aromatic heterocycles. The van der Waals surface area contributed by atoms with Gasteiger partial charge in [0.2, 0.25) is 0 Å². The van der Waals surface area contributed by atoms with E-state index in [0.29, 0.717) is 12.6 Å². The van der Waals surface area contributed by atoms with E-state index >= 15 is 0 Å². The lowest BCUT2D eigenvalue weighted by atomic mass is 9.98. The average Bonchev–Trinajstić information content (AvgIpc) is 3.22. The topological polar surface area (TPSA) is 41.6 Å². The molecule has 1 unspecified atom stereocenters. The molecule has 4 heteroatoms. The zero-order valence-electron chi connectivity index (χ0n) is 12.0. The van der Waals surface area contributed by atoms with Gasteiger partial charge in [-0.25, -0.2) is 4.79 Å². The van der Waals surface area contributed by atoms with Crippen molar-refractivity contribution in [1.29, 1.82) is 0 Å². The summed E-state index contributed by atoms with van der Waals surface area (Å²) in [7, 11) is 0. The number of carbonyl (C=O) groups excluding carboxylic acids is 1. The Bertz CT molecular complexity index is 473. The zero-order chi connectivity index (χ0) is 14.0. The molecule has 1 atom stereocenters. The summed E-state index contributed by atoms with van der Waals surface area (Å²) in [6.07, 6.45) is 3.35. The van der Waals surface area contributed by atoms with E-state index in [4.69, 9.17) is 4.74 Å². The highest BCUT2D eigenvalue weighted by atomic mass is 16.5. The van der Waals surface area contributed by atoms with Crippen LogP contribution in [0.5, 0.6) is 0 Å². The van der Waals surface area contributed by atoms with Crippen LogP contribution in [-0.4, -0.2) is 42.1 Å². The minimum absolute atomic E-state index is 0.119. The third kappa shape index (κ3) is 2.66. The quantitative estimate of drug-likeness (QED) is 0.836. The fourth-order valence-electron chi connectivity index (χ4n) is 2.98. The van der Waals surface area contributed by atoms with E-state index in [0.717, 1.165) is 25.2 Å². The predicted octanol–water partition coefficient (Wildman–Crippen LogP) is 2.27. The van der Waals surface area contributed by atoms with Crippen molar-refractivity contribution in [3.63, 3.8) is 0 Å². The highest BCUT2D eigenvalue weighted by Crippen LogP contribution is 2.35. The molecule has 0 spiro atoms. The van der Waals surface area contributed by atoms with Crippen LogP contribution < -0.4 is 5.32 Å². The number of anilines is 1. The highest BCUT2D eigenvalue weighted by Gasteiger charge is 2.49. The first-order valence-corrected chi connectivity index (χ1v) is 7.48. The summed E-state index contributed by atoms with van der Waals surface area (Å²) in [4.78, 5) is 14.9. The van der Waals surface area contributed by atoms with Crippen LogP contribution in [0.3, 0.4) is 0 Å². The van der Waals surface area contributed by atoms with Gasteiger partial charge in [0.15, 0.2) is 0 Å². The highest BCUT2D eigenvalue weighted by molar-refractivity contribution is 5.85. The number of likely N-dealkylation sites (tertiary alicyclic amines) is 1. The summed E-state index contributed by atoms with van der Waals surface area (Å²) >= 11 is 0. The maximum atomic E-state index is 12.4.